The molecule has 2 aliphatic rings. The van der Waals surface area contributed by atoms with Crippen LogP contribution in [0.15, 0.2) is 30.3 Å². The molecular formula is C22H33N3O4. The molecule has 0 spiro atoms. The number of hydrogen-bond acceptors (Lipinski definition) is 5. The van der Waals surface area contributed by atoms with Crippen molar-refractivity contribution in [2.75, 3.05) is 33.9 Å². The van der Waals surface area contributed by atoms with E-state index < -0.39 is 5.60 Å². The molecule has 29 heavy (non-hydrogen) atoms. The summed E-state index contributed by atoms with van der Waals surface area (Å²) in [5.41, 5.74) is 0.0616. The van der Waals surface area contributed by atoms with E-state index in [1.54, 1.807) is 26.4 Å². The fraction of sp³-hybridized carbons (Fsp3) is 0.636. The first-order valence-corrected chi connectivity index (χ1v) is 10.3. The van der Waals surface area contributed by atoms with Crippen molar-refractivity contribution in [2.45, 2.75) is 56.4 Å². The van der Waals surface area contributed by atoms with Crippen LogP contribution in [0, 0.1) is 0 Å². The summed E-state index contributed by atoms with van der Waals surface area (Å²) < 4.78 is 11.5. The van der Waals surface area contributed by atoms with Crippen molar-refractivity contribution in [3.05, 3.63) is 35.9 Å². The molecule has 1 aliphatic heterocycles. The van der Waals surface area contributed by atoms with E-state index in [0.717, 1.165) is 12.8 Å². The average molecular weight is 404 g/mol. The largest absolute Gasteiger partial charge is 0.376 e. The maximum atomic E-state index is 12.5. The van der Waals surface area contributed by atoms with Crippen molar-refractivity contribution in [1.82, 2.24) is 15.5 Å². The van der Waals surface area contributed by atoms with E-state index in [1.165, 1.54) is 6.42 Å². The Balaban J connectivity index is 1.55. The summed E-state index contributed by atoms with van der Waals surface area (Å²) in [4.78, 5) is 26.9. The molecule has 2 atom stereocenters. The van der Waals surface area contributed by atoms with Crippen molar-refractivity contribution in [3.8, 4) is 0 Å². The number of carbonyl (C=O) groups is 2. The van der Waals surface area contributed by atoms with E-state index >= 15 is 0 Å². The van der Waals surface area contributed by atoms with Crippen molar-refractivity contribution >= 4 is 11.8 Å². The van der Waals surface area contributed by atoms with Crippen LogP contribution in [0.3, 0.4) is 0 Å². The van der Waals surface area contributed by atoms with Gasteiger partial charge in [0.25, 0.3) is 5.91 Å². The lowest BCUT2D eigenvalue weighted by Crippen LogP contribution is -2.59. The van der Waals surface area contributed by atoms with Crippen molar-refractivity contribution in [1.29, 1.82) is 0 Å². The van der Waals surface area contributed by atoms with Gasteiger partial charge >= 0.3 is 0 Å². The second-order valence-corrected chi connectivity index (χ2v) is 8.51. The Kier molecular flexibility index (Phi) is 6.93. The summed E-state index contributed by atoms with van der Waals surface area (Å²) in [6, 6.07) is 9.14. The van der Waals surface area contributed by atoms with Gasteiger partial charge in [0.05, 0.1) is 12.1 Å². The lowest BCUT2D eigenvalue weighted by Gasteiger charge is -2.45. The van der Waals surface area contributed by atoms with E-state index in [-0.39, 0.29) is 23.6 Å². The minimum absolute atomic E-state index is 0.0385. The quantitative estimate of drug-likeness (QED) is 0.693. The van der Waals surface area contributed by atoms with Crippen LogP contribution in [0.2, 0.25) is 0 Å². The van der Waals surface area contributed by atoms with Gasteiger partial charge in [-0.1, -0.05) is 18.2 Å². The summed E-state index contributed by atoms with van der Waals surface area (Å²) in [6.45, 7) is 3.47. The zero-order valence-corrected chi connectivity index (χ0v) is 17.7. The standard InChI is InChI=1S/C22H33N3O4/c1-21(10-7-11-21)24-18(26)15-25-13-12-22(29-3,14-19(25)28-2)16-23-20(27)17-8-5-4-6-9-17/h4-6,8-9,19H,7,10-16H2,1-3H3,(H,23,27)(H,24,26). The van der Waals surface area contributed by atoms with E-state index in [2.05, 4.69) is 17.6 Å². The number of methoxy groups -OCH3 is 2. The molecule has 7 heteroatoms. The maximum Gasteiger partial charge on any atom is 0.251 e. The van der Waals surface area contributed by atoms with Gasteiger partial charge in [-0.3, -0.25) is 14.5 Å². The first-order valence-electron chi connectivity index (χ1n) is 10.3. The number of likely N-dealkylation sites (tertiary alicyclic amines) is 1. The lowest BCUT2D eigenvalue weighted by molar-refractivity contribution is -0.152. The van der Waals surface area contributed by atoms with Crippen molar-refractivity contribution in [3.63, 3.8) is 0 Å². The smallest absolute Gasteiger partial charge is 0.251 e. The van der Waals surface area contributed by atoms with Crippen molar-refractivity contribution in [2.24, 2.45) is 0 Å². The molecule has 2 N–H and O–H groups in total. The number of ether oxygens (including phenoxy) is 2. The zero-order chi connectivity index (χ0) is 20.9. The molecule has 7 nitrogen and oxygen atoms in total. The Hall–Kier alpha value is -1.96. The van der Waals surface area contributed by atoms with E-state index in [9.17, 15) is 9.59 Å². The van der Waals surface area contributed by atoms with E-state index in [4.69, 9.17) is 9.47 Å². The number of rotatable bonds is 8. The SMILES string of the molecule is COC1CC(CNC(=O)c2ccccc2)(OC)CCN1CC(=O)NC1(C)CCC1. The number of carbonyl (C=O) groups excluding carboxylic acids is 2. The van der Waals surface area contributed by atoms with Crippen LogP contribution in [0.1, 0.15) is 49.4 Å². The molecule has 0 radical (unpaired) electrons. The van der Waals surface area contributed by atoms with Crippen LogP contribution in [0.4, 0.5) is 0 Å². The first-order chi connectivity index (χ1) is 13.9. The predicted octanol–water partition coefficient (Wildman–Crippen LogP) is 1.93. The van der Waals surface area contributed by atoms with E-state index in [1.807, 2.05) is 23.1 Å². The van der Waals surface area contributed by atoms with Gasteiger partial charge in [0, 0.05) is 44.8 Å². The fourth-order valence-corrected chi connectivity index (χ4v) is 4.20. The topological polar surface area (TPSA) is 79.9 Å². The third-order valence-electron chi connectivity index (χ3n) is 6.37. The molecule has 160 valence electrons. The summed E-state index contributed by atoms with van der Waals surface area (Å²) in [5.74, 6) is -0.0805. The summed E-state index contributed by atoms with van der Waals surface area (Å²) >= 11 is 0. The summed E-state index contributed by atoms with van der Waals surface area (Å²) in [6.07, 6.45) is 4.31. The van der Waals surface area contributed by atoms with Crippen LogP contribution in [0.5, 0.6) is 0 Å². The van der Waals surface area contributed by atoms with Crippen LogP contribution >= 0.6 is 0 Å². The second-order valence-electron chi connectivity index (χ2n) is 8.51. The maximum absolute atomic E-state index is 12.5. The zero-order valence-electron chi connectivity index (χ0n) is 17.7. The highest BCUT2D eigenvalue weighted by molar-refractivity contribution is 5.94. The molecule has 1 aromatic rings. The number of nitrogens with one attached hydrogen (secondary N) is 2. The number of amides is 2. The number of piperidine rings is 1. The number of hydrogen-bond donors (Lipinski definition) is 2. The highest BCUT2D eigenvalue weighted by Crippen LogP contribution is 2.32. The Morgan fingerprint density at radius 1 is 1.17 bits per heavy atom. The normalized spacial score (nSPS) is 26.4. The molecule has 1 aliphatic carbocycles. The van der Waals surface area contributed by atoms with Gasteiger partial charge in [-0.25, -0.2) is 0 Å². The molecule has 2 fully saturated rings. The first kappa shape index (κ1) is 21.7. The third kappa shape index (κ3) is 5.35. The molecule has 0 bridgehead atoms. The van der Waals surface area contributed by atoms with Gasteiger partial charge in [-0.15, -0.1) is 0 Å². The Morgan fingerprint density at radius 2 is 1.90 bits per heavy atom. The van der Waals surface area contributed by atoms with Gasteiger partial charge in [0.1, 0.15) is 6.23 Å². The lowest BCUT2D eigenvalue weighted by atomic mass is 9.78. The van der Waals surface area contributed by atoms with Gasteiger partial charge in [0.2, 0.25) is 5.91 Å². The molecule has 2 unspecified atom stereocenters. The minimum atomic E-state index is -0.516. The molecular weight excluding hydrogens is 370 g/mol. The highest BCUT2D eigenvalue weighted by Gasteiger charge is 2.42. The Bertz CT molecular complexity index is 707. The summed E-state index contributed by atoms with van der Waals surface area (Å²) in [7, 11) is 3.32. The molecule has 1 heterocycles. The van der Waals surface area contributed by atoms with Crippen LogP contribution in [0.25, 0.3) is 0 Å². The van der Waals surface area contributed by atoms with Crippen LogP contribution < -0.4 is 10.6 Å². The molecule has 1 aromatic carbocycles. The van der Waals surface area contributed by atoms with Gasteiger partial charge in [-0.05, 0) is 44.7 Å². The third-order valence-corrected chi connectivity index (χ3v) is 6.37. The second kappa shape index (κ2) is 9.24. The molecule has 3 rings (SSSR count). The molecule has 0 aromatic heterocycles. The number of benzene rings is 1. The van der Waals surface area contributed by atoms with Gasteiger partial charge in [0.15, 0.2) is 0 Å². The summed E-state index contributed by atoms with van der Waals surface area (Å²) in [5, 5.41) is 6.14. The molecule has 1 saturated heterocycles. The molecule has 2 amide bonds. The highest BCUT2D eigenvalue weighted by atomic mass is 16.5. The van der Waals surface area contributed by atoms with Crippen LogP contribution in [-0.2, 0) is 14.3 Å². The predicted molar refractivity (Wildman–Crippen MR) is 111 cm³/mol. The molecule has 1 saturated carbocycles. The Labute approximate surface area is 173 Å². The van der Waals surface area contributed by atoms with Gasteiger partial charge < -0.3 is 20.1 Å². The monoisotopic (exact) mass is 403 g/mol. The average Bonchev–Trinajstić information content (AvgIpc) is 2.72. The minimum Gasteiger partial charge on any atom is -0.376 e. The van der Waals surface area contributed by atoms with Crippen LogP contribution in [-0.4, -0.2) is 67.9 Å². The number of nitrogens with zero attached hydrogens (tertiary/aromatic N) is 1. The van der Waals surface area contributed by atoms with E-state index in [0.29, 0.717) is 38.0 Å². The van der Waals surface area contributed by atoms with Gasteiger partial charge in [-0.2, -0.15) is 0 Å². The fourth-order valence-electron chi connectivity index (χ4n) is 4.20. The van der Waals surface area contributed by atoms with Crippen molar-refractivity contribution < 1.29 is 19.1 Å². The Morgan fingerprint density at radius 3 is 2.48 bits per heavy atom.